The SMILES string of the molecule is O=[S@@](c1ccccc1C(F)(F)F)N1CCCC[C@H]1C#CCCCCl. The molecule has 7 heteroatoms. The number of piperidine rings is 1. The molecule has 0 saturated carbocycles. The molecule has 2 atom stereocenters. The summed E-state index contributed by atoms with van der Waals surface area (Å²) in [5, 5.41) is 0. The van der Waals surface area contributed by atoms with E-state index >= 15 is 0 Å². The van der Waals surface area contributed by atoms with Crippen molar-refractivity contribution >= 4 is 22.6 Å². The second kappa shape index (κ2) is 8.89. The molecule has 2 nitrogen and oxygen atoms in total. The molecule has 132 valence electrons. The van der Waals surface area contributed by atoms with Crippen LogP contribution in [0.15, 0.2) is 29.2 Å². The minimum atomic E-state index is -4.52. The largest absolute Gasteiger partial charge is 0.417 e. The lowest BCUT2D eigenvalue weighted by atomic mass is 10.1. The van der Waals surface area contributed by atoms with Crippen molar-refractivity contribution in [1.29, 1.82) is 0 Å². The summed E-state index contributed by atoms with van der Waals surface area (Å²) in [5.74, 6) is 6.58. The highest BCUT2D eigenvalue weighted by Gasteiger charge is 2.37. The maximum atomic E-state index is 13.2. The average molecular weight is 378 g/mol. The first-order valence-electron chi connectivity index (χ1n) is 7.84. The average Bonchev–Trinajstić information content (AvgIpc) is 2.58. The van der Waals surface area contributed by atoms with Gasteiger partial charge in [0, 0.05) is 18.8 Å². The molecule has 1 heterocycles. The third-order valence-corrected chi connectivity index (χ3v) is 5.61. The third-order valence-electron chi connectivity index (χ3n) is 3.75. The normalized spacial score (nSPS) is 20.2. The number of halogens is 4. The van der Waals surface area contributed by atoms with E-state index in [0.29, 0.717) is 25.3 Å². The van der Waals surface area contributed by atoms with Crippen LogP contribution in [-0.2, 0) is 17.2 Å². The molecule has 0 N–H and O–H groups in total. The number of hydrogen-bond donors (Lipinski definition) is 0. The van der Waals surface area contributed by atoms with E-state index in [1.54, 1.807) is 4.31 Å². The zero-order chi connectivity index (χ0) is 17.6. The Morgan fingerprint density at radius 1 is 1.29 bits per heavy atom. The van der Waals surface area contributed by atoms with Crippen molar-refractivity contribution in [3.05, 3.63) is 29.8 Å². The summed E-state index contributed by atoms with van der Waals surface area (Å²) in [6.45, 7) is 0.480. The predicted octanol–water partition coefficient (Wildman–Crippen LogP) is 4.60. The van der Waals surface area contributed by atoms with Gasteiger partial charge in [0.2, 0.25) is 0 Å². The molecule has 1 fully saturated rings. The van der Waals surface area contributed by atoms with E-state index in [4.69, 9.17) is 11.6 Å². The number of unbranched alkanes of at least 4 members (excludes halogenated alkanes) is 1. The highest BCUT2D eigenvalue weighted by Crippen LogP contribution is 2.35. The maximum Gasteiger partial charge on any atom is 0.417 e. The van der Waals surface area contributed by atoms with Crippen LogP contribution in [-0.4, -0.2) is 27.0 Å². The second-order valence-electron chi connectivity index (χ2n) is 5.51. The van der Waals surface area contributed by atoms with Gasteiger partial charge in [-0.3, -0.25) is 0 Å². The van der Waals surface area contributed by atoms with Gasteiger partial charge in [-0.05, 0) is 37.8 Å². The first-order chi connectivity index (χ1) is 11.4. The van der Waals surface area contributed by atoms with Gasteiger partial charge in [0.15, 0.2) is 0 Å². The number of alkyl halides is 4. The molecule has 0 unspecified atom stereocenters. The van der Waals surface area contributed by atoms with Crippen molar-refractivity contribution in [3.63, 3.8) is 0 Å². The van der Waals surface area contributed by atoms with Crippen LogP contribution in [0.4, 0.5) is 13.2 Å². The van der Waals surface area contributed by atoms with Crippen LogP contribution >= 0.6 is 11.6 Å². The van der Waals surface area contributed by atoms with Gasteiger partial charge in [0.1, 0.15) is 11.0 Å². The molecule has 1 aromatic rings. The summed E-state index contributed by atoms with van der Waals surface area (Å²) < 4.78 is 53.9. The van der Waals surface area contributed by atoms with Crippen LogP contribution in [0.3, 0.4) is 0 Å². The van der Waals surface area contributed by atoms with Gasteiger partial charge < -0.3 is 0 Å². The van der Waals surface area contributed by atoms with Crippen molar-refractivity contribution in [2.75, 3.05) is 12.4 Å². The molecular formula is C17H19ClF3NOS. The van der Waals surface area contributed by atoms with E-state index in [1.807, 2.05) is 0 Å². The van der Waals surface area contributed by atoms with Crippen LogP contribution in [0.1, 0.15) is 37.7 Å². The van der Waals surface area contributed by atoms with Crippen molar-refractivity contribution < 1.29 is 17.4 Å². The van der Waals surface area contributed by atoms with Crippen LogP contribution in [0, 0.1) is 11.8 Å². The fourth-order valence-electron chi connectivity index (χ4n) is 2.57. The molecule has 1 saturated heterocycles. The summed E-state index contributed by atoms with van der Waals surface area (Å²) >= 11 is 5.61. The highest BCUT2D eigenvalue weighted by atomic mass is 35.5. The number of nitrogens with zero attached hydrogens (tertiary/aromatic N) is 1. The van der Waals surface area contributed by atoms with E-state index in [9.17, 15) is 17.4 Å². The lowest BCUT2D eigenvalue weighted by Crippen LogP contribution is -2.40. The molecular weight excluding hydrogens is 359 g/mol. The standard InChI is InChI=1S/C17H19ClF3NOS/c18-12-6-1-2-8-14-9-5-7-13-22(14)24(23)16-11-4-3-10-15(16)17(19,20)21/h3-4,10-11,14H,1,5-7,9,12-13H2/t14-,24+/m1/s1. The maximum absolute atomic E-state index is 13.2. The Labute approximate surface area is 148 Å². The Bertz CT molecular complexity index is 639. The molecule has 1 aliphatic heterocycles. The first-order valence-corrected chi connectivity index (χ1v) is 9.48. The topological polar surface area (TPSA) is 20.3 Å². The Morgan fingerprint density at radius 2 is 2.04 bits per heavy atom. The fraction of sp³-hybridized carbons (Fsp3) is 0.529. The van der Waals surface area contributed by atoms with Gasteiger partial charge in [0.05, 0.1) is 16.5 Å². The molecule has 0 amide bonds. The van der Waals surface area contributed by atoms with Crippen molar-refractivity contribution in [2.24, 2.45) is 0 Å². The van der Waals surface area contributed by atoms with Gasteiger partial charge in [-0.2, -0.15) is 13.2 Å². The number of rotatable bonds is 4. The van der Waals surface area contributed by atoms with Crippen molar-refractivity contribution in [1.82, 2.24) is 4.31 Å². The van der Waals surface area contributed by atoms with Gasteiger partial charge in [-0.15, -0.1) is 17.5 Å². The van der Waals surface area contributed by atoms with Gasteiger partial charge in [-0.1, -0.05) is 18.1 Å². The Balaban J connectivity index is 2.24. The monoisotopic (exact) mass is 377 g/mol. The minimum absolute atomic E-state index is 0.195. The Kier molecular flexibility index (Phi) is 7.15. The van der Waals surface area contributed by atoms with Crippen molar-refractivity contribution in [2.45, 2.75) is 49.2 Å². The van der Waals surface area contributed by atoms with Crippen LogP contribution in [0.5, 0.6) is 0 Å². The smallest absolute Gasteiger partial charge is 0.237 e. The van der Waals surface area contributed by atoms with E-state index in [-0.39, 0.29) is 10.9 Å². The molecule has 0 aliphatic carbocycles. The summed E-state index contributed by atoms with van der Waals surface area (Å²) in [4.78, 5) is -0.195. The summed E-state index contributed by atoms with van der Waals surface area (Å²) in [6.07, 6.45) is -0.665. The van der Waals surface area contributed by atoms with E-state index in [1.165, 1.54) is 18.2 Å². The van der Waals surface area contributed by atoms with Crippen LogP contribution in [0.2, 0.25) is 0 Å². The van der Waals surface area contributed by atoms with Crippen LogP contribution in [0.25, 0.3) is 0 Å². The lowest BCUT2D eigenvalue weighted by molar-refractivity contribution is -0.139. The molecule has 0 aromatic heterocycles. The number of hydrogen-bond acceptors (Lipinski definition) is 1. The van der Waals surface area contributed by atoms with Crippen molar-refractivity contribution in [3.8, 4) is 11.8 Å². The Morgan fingerprint density at radius 3 is 2.75 bits per heavy atom. The molecule has 0 radical (unpaired) electrons. The molecule has 1 aromatic carbocycles. The first kappa shape index (κ1) is 19.3. The van der Waals surface area contributed by atoms with E-state index in [0.717, 1.165) is 25.3 Å². The van der Waals surface area contributed by atoms with E-state index in [2.05, 4.69) is 11.8 Å². The third kappa shape index (κ3) is 4.98. The molecule has 1 aliphatic rings. The minimum Gasteiger partial charge on any atom is -0.237 e. The quantitative estimate of drug-likeness (QED) is 0.426. The van der Waals surface area contributed by atoms with Gasteiger partial charge >= 0.3 is 6.18 Å². The summed E-state index contributed by atoms with van der Waals surface area (Å²) in [7, 11) is -1.88. The van der Waals surface area contributed by atoms with Gasteiger partial charge in [-0.25, -0.2) is 8.51 Å². The molecule has 0 spiro atoms. The molecule has 2 rings (SSSR count). The summed E-state index contributed by atoms with van der Waals surface area (Å²) in [6, 6.07) is 4.76. The predicted molar refractivity (Wildman–Crippen MR) is 89.9 cm³/mol. The molecule has 0 bridgehead atoms. The number of benzene rings is 1. The summed E-state index contributed by atoms with van der Waals surface area (Å²) in [5.41, 5.74) is -0.845. The zero-order valence-electron chi connectivity index (χ0n) is 13.1. The molecule has 24 heavy (non-hydrogen) atoms. The lowest BCUT2D eigenvalue weighted by Gasteiger charge is -2.31. The Hall–Kier alpha value is -1.03. The fourth-order valence-corrected chi connectivity index (χ4v) is 4.21. The van der Waals surface area contributed by atoms with Crippen LogP contribution < -0.4 is 0 Å². The van der Waals surface area contributed by atoms with Gasteiger partial charge in [0.25, 0.3) is 0 Å². The highest BCUT2D eigenvalue weighted by molar-refractivity contribution is 7.82. The van der Waals surface area contributed by atoms with E-state index < -0.39 is 22.7 Å². The zero-order valence-corrected chi connectivity index (χ0v) is 14.7. The second-order valence-corrected chi connectivity index (χ2v) is 7.29.